The Hall–Kier alpha value is -1.93. The first-order chi connectivity index (χ1) is 8.24. The van der Waals surface area contributed by atoms with Gasteiger partial charge in [0.25, 0.3) is 0 Å². The van der Waals surface area contributed by atoms with Crippen molar-refractivity contribution in [2.45, 2.75) is 0 Å². The highest BCUT2D eigenvalue weighted by Gasteiger charge is 2.14. The van der Waals surface area contributed by atoms with Gasteiger partial charge in [0.15, 0.2) is 12.1 Å². The van der Waals surface area contributed by atoms with Crippen LogP contribution in [0.15, 0.2) is 48.5 Å². The SMILES string of the molecule is O=Cc1cccc(C(=O)c2ccccc2)c1Cl. The molecule has 0 amide bonds. The molecule has 0 aromatic heterocycles. The van der Waals surface area contributed by atoms with Crippen LogP contribution in [0, 0.1) is 0 Å². The Labute approximate surface area is 104 Å². The largest absolute Gasteiger partial charge is 0.298 e. The normalized spacial score (nSPS) is 9.94. The van der Waals surface area contributed by atoms with Gasteiger partial charge in [0, 0.05) is 16.7 Å². The van der Waals surface area contributed by atoms with Gasteiger partial charge in [0.1, 0.15) is 0 Å². The van der Waals surface area contributed by atoms with Crippen LogP contribution in [0.2, 0.25) is 5.02 Å². The van der Waals surface area contributed by atoms with Gasteiger partial charge in [-0.25, -0.2) is 0 Å². The third-order valence-corrected chi connectivity index (χ3v) is 2.86. The molecule has 2 aromatic carbocycles. The number of hydrogen-bond acceptors (Lipinski definition) is 2. The summed E-state index contributed by atoms with van der Waals surface area (Å²) in [4.78, 5) is 22.9. The van der Waals surface area contributed by atoms with Gasteiger partial charge in [-0.05, 0) is 6.07 Å². The molecule has 0 saturated carbocycles. The number of carbonyl (C=O) groups is 2. The van der Waals surface area contributed by atoms with Crippen molar-refractivity contribution in [3.8, 4) is 0 Å². The number of hydrogen-bond donors (Lipinski definition) is 0. The average molecular weight is 245 g/mol. The van der Waals surface area contributed by atoms with Crippen LogP contribution in [-0.2, 0) is 0 Å². The Morgan fingerprint density at radius 3 is 2.35 bits per heavy atom. The highest BCUT2D eigenvalue weighted by Crippen LogP contribution is 2.22. The standard InChI is InChI=1S/C14H9ClO2/c15-13-11(9-16)7-4-8-12(13)14(17)10-5-2-1-3-6-10/h1-9H. The lowest BCUT2D eigenvalue weighted by Crippen LogP contribution is -2.03. The molecule has 0 unspecified atom stereocenters. The molecule has 0 aliphatic rings. The molecule has 0 atom stereocenters. The highest BCUT2D eigenvalue weighted by atomic mass is 35.5. The minimum atomic E-state index is -0.181. The van der Waals surface area contributed by atoms with Gasteiger partial charge >= 0.3 is 0 Å². The molecule has 17 heavy (non-hydrogen) atoms. The molecule has 0 aliphatic heterocycles. The third-order valence-electron chi connectivity index (χ3n) is 2.44. The summed E-state index contributed by atoms with van der Waals surface area (Å²) in [6.45, 7) is 0. The average Bonchev–Trinajstić information content (AvgIpc) is 2.39. The summed E-state index contributed by atoms with van der Waals surface area (Å²) in [5.74, 6) is -0.181. The second kappa shape index (κ2) is 4.93. The van der Waals surface area contributed by atoms with E-state index in [-0.39, 0.29) is 10.8 Å². The van der Waals surface area contributed by atoms with Crippen molar-refractivity contribution in [1.82, 2.24) is 0 Å². The van der Waals surface area contributed by atoms with Crippen LogP contribution < -0.4 is 0 Å². The summed E-state index contributed by atoms with van der Waals surface area (Å²) in [5.41, 5.74) is 1.23. The van der Waals surface area contributed by atoms with Gasteiger partial charge in [0.2, 0.25) is 0 Å². The molecular formula is C14H9ClO2. The lowest BCUT2D eigenvalue weighted by atomic mass is 10.0. The van der Waals surface area contributed by atoms with E-state index in [1.807, 2.05) is 6.07 Å². The summed E-state index contributed by atoms with van der Waals surface area (Å²) in [6.07, 6.45) is 0.643. The molecule has 0 bridgehead atoms. The maximum Gasteiger partial charge on any atom is 0.194 e. The Morgan fingerprint density at radius 2 is 1.71 bits per heavy atom. The maximum atomic E-state index is 12.1. The molecule has 2 aromatic rings. The van der Waals surface area contributed by atoms with Crippen LogP contribution in [0.4, 0.5) is 0 Å². The lowest BCUT2D eigenvalue weighted by molar-refractivity contribution is 0.103. The van der Waals surface area contributed by atoms with E-state index in [4.69, 9.17) is 11.6 Å². The fourth-order valence-electron chi connectivity index (χ4n) is 1.56. The van der Waals surface area contributed by atoms with Crippen LogP contribution in [0.5, 0.6) is 0 Å². The number of halogens is 1. The Morgan fingerprint density at radius 1 is 1.00 bits per heavy atom. The van der Waals surface area contributed by atoms with Crippen LogP contribution in [-0.4, -0.2) is 12.1 Å². The number of carbonyl (C=O) groups excluding carboxylic acids is 2. The monoisotopic (exact) mass is 244 g/mol. The fourth-order valence-corrected chi connectivity index (χ4v) is 1.82. The van der Waals surface area contributed by atoms with Gasteiger partial charge in [-0.3, -0.25) is 9.59 Å². The summed E-state index contributed by atoms with van der Waals surface area (Å²) < 4.78 is 0. The summed E-state index contributed by atoms with van der Waals surface area (Å²) >= 11 is 6.00. The van der Waals surface area contributed by atoms with E-state index in [0.717, 1.165) is 0 Å². The molecule has 2 nitrogen and oxygen atoms in total. The van der Waals surface area contributed by atoms with E-state index in [0.29, 0.717) is 23.0 Å². The fraction of sp³-hybridized carbons (Fsp3) is 0. The number of aldehydes is 1. The molecule has 0 aliphatic carbocycles. The van der Waals surface area contributed by atoms with Gasteiger partial charge in [0.05, 0.1) is 5.02 Å². The smallest absolute Gasteiger partial charge is 0.194 e. The second-order valence-corrected chi connectivity index (χ2v) is 3.90. The van der Waals surface area contributed by atoms with Crippen LogP contribution in [0.1, 0.15) is 26.3 Å². The number of ketones is 1. The molecule has 0 heterocycles. The van der Waals surface area contributed by atoms with Gasteiger partial charge in [-0.1, -0.05) is 54.1 Å². The summed E-state index contributed by atoms with van der Waals surface area (Å²) in [6, 6.07) is 13.7. The van der Waals surface area contributed by atoms with Gasteiger partial charge < -0.3 is 0 Å². The zero-order chi connectivity index (χ0) is 12.3. The Kier molecular flexibility index (Phi) is 3.35. The minimum Gasteiger partial charge on any atom is -0.298 e. The maximum absolute atomic E-state index is 12.1. The zero-order valence-electron chi connectivity index (χ0n) is 8.89. The van der Waals surface area contributed by atoms with E-state index >= 15 is 0 Å². The van der Waals surface area contributed by atoms with Crippen molar-refractivity contribution in [3.05, 3.63) is 70.2 Å². The predicted octanol–water partition coefficient (Wildman–Crippen LogP) is 3.38. The summed E-state index contributed by atoms with van der Waals surface area (Å²) in [5, 5.41) is 0.205. The minimum absolute atomic E-state index is 0.181. The van der Waals surface area contributed by atoms with Crippen molar-refractivity contribution < 1.29 is 9.59 Å². The van der Waals surface area contributed by atoms with E-state index in [2.05, 4.69) is 0 Å². The first-order valence-electron chi connectivity index (χ1n) is 5.07. The van der Waals surface area contributed by atoms with Crippen molar-refractivity contribution in [2.75, 3.05) is 0 Å². The van der Waals surface area contributed by atoms with E-state index < -0.39 is 0 Å². The number of rotatable bonds is 3. The molecule has 84 valence electrons. The van der Waals surface area contributed by atoms with E-state index in [1.165, 1.54) is 0 Å². The van der Waals surface area contributed by atoms with Crippen LogP contribution >= 0.6 is 11.6 Å². The molecule has 0 spiro atoms. The van der Waals surface area contributed by atoms with Gasteiger partial charge in [-0.2, -0.15) is 0 Å². The van der Waals surface area contributed by atoms with Crippen molar-refractivity contribution in [2.24, 2.45) is 0 Å². The second-order valence-electron chi connectivity index (χ2n) is 3.52. The Bertz CT molecular complexity index is 562. The van der Waals surface area contributed by atoms with Crippen molar-refractivity contribution in [3.63, 3.8) is 0 Å². The van der Waals surface area contributed by atoms with Crippen LogP contribution in [0.25, 0.3) is 0 Å². The van der Waals surface area contributed by atoms with Gasteiger partial charge in [-0.15, -0.1) is 0 Å². The molecular weight excluding hydrogens is 236 g/mol. The molecule has 0 radical (unpaired) electrons. The lowest BCUT2D eigenvalue weighted by Gasteiger charge is -2.05. The molecule has 3 heteroatoms. The van der Waals surface area contributed by atoms with E-state index in [1.54, 1.807) is 42.5 Å². The topological polar surface area (TPSA) is 34.1 Å². The quantitative estimate of drug-likeness (QED) is 0.613. The first-order valence-corrected chi connectivity index (χ1v) is 5.45. The third kappa shape index (κ3) is 2.27. The molecule has 0 fully saturated rings. The predicted molar refractivity (Wildman–Crippen MR) is 66.7 cm³/mol. The molecule has 0 saturated heterocycles. The molecule has 0 N–H and O–H groups in total. The van der Waals surface area contributed by atoms with Crippen LogP contribution in [0.3, 0.4) is 0 Å². The number of benzene rings is 2. The Balaban J connectivity index is 2.48. The zero-order valence-corrected chi connectivity index (χ0v) is 9.65. The molecule has 2 rings (SSSR count). The van der Waals surface area contributed by atoms with Crippen molar-refractivity contribution in [1.29, 1.82) is 0 Å². The highest BCUT2D eigenvalue weighted by molar-refractivity contribution is 6.37. The first kappa shape index (κ1) is 11.6. The summed E-state index contributed by atoms with van der Waals surface area (Å²) in [7, 11) is 0. The van der Waals surface area contributed by atoms with Crippen molar-refractivity contribution >= 4 is 23.7 Å². The van der Waals surface area contributed by atoms with E-state index in [9.17, 15) is 9.59 Å².